The molecule has 1 aliphatic rings. The molecule has 0 radical (unpaired) electrons. The molecular formula is C18H31IN4. The number of aryl methyl sites for hydroxylation is 2. The van der Waals surface area contributed by atoms with Crippen molar-refractivity contribution in [3.05, 3.63) is 29.3 Å². The molecular weight excluding hydrogens is 399 g/mol. The van der Waals surface area contributed by atoms with Gasteiger partial charge >= 0.3 is 0 Å². The fourth-order valence-corrected chi connectivity index (χ4v) is 2.92. The molecule has 130 valence electrons. The summed E-state index contributed by atoms with van der Waals surface area (Å²) in [6.45, 7) is 9.77. The monoisotopic (exact) mass is 430 g/mol. The Hall–Kier alpha value is -0.820. The molecule has 0 bridgehead atoms. The molecule has 3 N–H and O–H groups in total. The van der Waals surface area contributed by atoms with Crippen LogP contribution in [0.1, 0.15) is 43.7 Å². The summed E-state index contributed by atoms with van der Waals surface area (Å²) < 4.78 is 0. The first kappa shape index (κ1) is 20.2. The van der Waals surface area contributed by atoms with E-state index in [0.717, 1.165) is 18.7 Å². The molecule has 0 spiro atoms. The van der Waals surface area contributed by atoms with Crippen molar-refractivity contribution in [1.82, 2.24) is 4.90 Å². The van der Waals surface area contributed by atoms with Gasteiger partial charge in [0, 0.05) is 18.3 Å². The molecule has 1 aromatic rings. The number of nitrogens with two attached hydrogens (primary N) is 1. The van der Waals surface area contributed by atoms with Gasteiger partial charge in [0.05, 0.1) is 0 Å². The van der Waals surface area contributed by atoms with Gasteiger partial charge in [-0.25, -0.2) is 0 Å². The molecule has 0 aromatic heterocycles. The minimum atomic E-state index is 0. The summed E-state index contributed by atoms with van der Waals surface area (Å²) in [6, 6.07) is 6.84. The Kier molecular flexibility index (Phi) is 8.91. The lowest BCUT2D eigenvalue weighted by Crippen LogP contribution is -2.37. The lowest BCUT2D eigenvalue weighted by Gasteiger charge is -2.32. The summed E-state index contributed by atoms with van der Waals surface area (Å²) >= 11 is 0. The molecule has 4 nitrogen and oxygen atoms in total. The third kappa shape index (κ3) is 6.67. The fraction of sp³-hybridized carbons (Fsp3) is 0.611. The van der Waals surface area contributed by atoms with Crippen LogP contribution in [0.3, 0.4) is 0 Å². The average Bonchev–Trinajstić information content (AvgIpc) is 2.51. The van der Waals surface area contributed by atoms with Crippen LogP contribution in [-0.4, -0.2) is 36.5 Å². The van der Waals surface area contributed by atoms with Gasteiger partial charge in [-0.1, -0.05) is 12.5 Å². The van der Waals surface area contributed by atoms with Crippen molar-refractivity contribution >= 4 is 35.6 Å². The van der Waals surface area contributed by atoms with Crippen LogP contribution < -0.4 is 11.1 Å². The van der Waals surface area contributed by atoms with Gasteiger partial charge in [-0.3, -0.25) is 4.99 Å². The van der Waals surface area contributed by atoms with Gasteiger partial charge in [0.1, 0.15) is 0 Å². The molecule has 5 heteroatoms. The van der Waals surface area contributed by atoms with E-state index >= 15 is 0 Å². The van der Waals surface area contributed by atoms with Crippen molar-refractivity contribution in [2.24, 2.45) is 10.7 Å². The van der Waals surface area contributed by atoms with E-state index in [1.54, 1.807) is 0 Å². The number of hydrogen-bond acceptors (Lipinski definition) is 2. The second-order valence-electron chi connectivity index (χ2n) is 6.43. The standard InChI is InChI=1S/C18H30N4.HI/c1-14-7-8-17(13-15(14)2)21-18(19)20-10-9-16(3)22-11-5-4-6-12-22;/h7-8,13,16H,4-6,9-12H2,1-3H3,(H3,19,20,21);1H. The Morgan fingerprint density at radius 2 is 1.91 bits per heavy atom. The quantitative estimate of drug-likeness (QED) is 0.423. The van der Waals surface area contributed by atoms with Gasteiger partial charge in [0.15, 0.2) is 5.96 Å². The number of piperidine rings is 1. The number of benzene rings is 1. The molecule has 23 heavy (non-hydrogen) atoms. The number of anilines is 1. The third-order valence-electron chi connectivity index (χ3n) is 4.62. The molecule has 1 heterocycles. The van der Waals surface area contributed by atoms with Gasteiger partial charge in [-0.05, 0) is 76.4 Å². The van der Waals surface area contributed by atoms with E-state index in [1.165, 1.54) is 43.5 Å². The van der Waals surface area contributed by atoms with E-state index in [9.17, 15) is 0 Å². The average molecular weight is 430 g/mol. The zero-order valence-electron chi connectivity index (χ0n) is 14.6. The number of nitrogens with zero attached hydrogens (tertiary/aromatic N) is 2. The molecule has 1 atom stereocenters. The van der Waals surface area contributed by atoms with Crippen LogP contribution in [0, 0.1) is 13.8 Å². The Labute approximate surface area is 157 Å². The van der Waals surface area contributed by atoms with Gasteiger partial charge in [-0.2, -0.15) is 0 Å². The van der Waals surface area contributed by atoms with Crippen LogP contribution in [0.5, 0.6) is 0 Å². The summed E-state index contributed by atoms with van der Waals surface area (Å²) in [5, 5.41) is 3.18. The Morgan fingerprint density at radius 1 is 1.22 bits per heavy atom. The maximum absolute atomic E-state index is 5.98. The molecule has 1 aliphatic heterocycles. The lowest BCUT2D eigenvalue weighted by molar-refractivity contribution is 0.168. The molecule has 2 rings (SSSR count). The molecule has 1 fully saturated rings. The van der Waals surface area contributed by atoms with Crippen molar-refractivity contribution in [2.75, 3.05) is 25.0 Å². The molecule has 0 saturated carbocycles. The summed E-state index contributed by atoms with van der Waals surface area (Å²) in [6.07, 6.45) is 5.12. The summed E-state index contributed by atoms with van der Waals surface area (Å²) in [5.74, 6) is 0.508. The van der Waals surface area contributed by atoms with E-state index in [-0.39, 0.29) is 24.0 Å². The smallest absolute Gasteiger partial charge is 0.193 e. The number of hydrogen-bond donors (Lipinski definition) is 2. The van der Waals surface area contributed by atoms with Crippen molar-refractivity contribution in [2.45, 2.75) is 52.5 Å². The second kappa shape index (κ2) is 10.1. The SMILES string of the molecule is Cc1ccc(NC(N)=NCCC(C)N2CCCCC2)cc1C.I. The van der Waals surface area contributed by atoms with Gasteiger partial charge in [0.25, 0.3) is 0 Å². The Bertz CT molecular complexity index is 510. The highest BCUT2D eigenvalue weighted by atomic mass is 127. The molecule has 1 saturated heterocycles. The maximum atomic E-state index is 5.98. The number of halogens is 1. The number of nitrogens with one attached hydrogen (secondary N) is 1. The summed E-state index contributed by atoms with van der Waals surface area (Å²) in [5.41, 5.74) is 9.54. The van der Waals surface area contributed by atoms with Crippen LogP contribution in [0.25, 0.3) is 0 Å². The predicted molar refractivity (Wildman–Crippen MR) is 111 cm³/mol. The van der Waals surface area contributed by atoms with E-state index < -0.39 is 0 Å². The highest BCUT2D eigenvalue weighted by molar-refractivity contribution is 14.0. The lowest BCUT2D eigenvalue weighted by atomic mass is 10.1. The van der Waals surface area contributed by atoms with Crippen LogP contribution >= 0.6 is 24.0 Å². The van der Waals surface area contributed by atoms with Crippen LogP contribution in [0.15, 0.2) is 23.2 Å². The Balaban J connectivity index is 0.00000264. The van der Waals surface area contributed by atoms with E-state index in [1.807, 2.05) is 6.07 Å². The van der Waals surface area contributed by atoms with Gasteiger partial charge < -0.3 is 16.0 Å². The van der Waals surface area contributed by atoms with E-state index in [4.69, 9.17) is 5.73 Å². The minimum Gasteiger partial charge on any atom is -0.370 e. The first-order valence-electron chi connectivity index (χ1n) is 8.44. The maximum Gasteiger partial charge on any atom is 0.193 e. The zero-order chi connectivity index (χ0) is 15.9. The topological polar surface area (TPSA) is 53.6 Å². The molecule has 1 aromatic carbocycles. The molecule has 0 aliphatic carbocycles. The fourth-order valence-electron chi connectivity index (χ4n) is 2.92. The summed E-state index contributed by atoms with van der Waals surface area (Å²) in [4.78, 5) is 7.04. The first-order valence-corrected chi connectivity index (χ1v) is 8.44. The first-order chi connectivity index (χ1) is 10.6. The number of aliphatic imine (C=N–C) groups is 1. The van der Waals surface area contributed by atoms with Crippen LogP contribution in [-0.2, 0) is 0 Å². The van der Waals surface area contributed by atoms with Crippen molar-refractivity contribution < 1.29 is 0 Å². The number of likely N-dealkylation sites (tertiary alicyclic amines) is 1. The largest absolute Gasteiger partial charge is 0.370 e. The third-order valence-corrected chi connectivity index (χ3v) is 4.62. The molecule has 1 unspecified atom stereocenters. The number of rotatable bonds is 5. The van der Waals surface area contributed by atoms with Crippen LogP contribution in [0.2, 0.25) is 0 Å². The van der Waals surface area contributed by atoms with E-state index in [0.29, 0.717) is 12.0 Å². The van der Waals surface area contributed by atoms with Crippen molar-refractivity contribution in [3.8, 4) is 0 Å². The second-order valence-corrected chi connectivity index (χ2v) is 6.43. The van der Waals surface area contributed by atoms with Crippen molar-refractivity contribution in [1.29, 1.82) is 0 Å². The Morgan fingerprint density at radius 3 is 2.57 bits per heavy atom. The minimum absolute atomic E-state index is 0. The van der Waals surface area contributed by atoms with Gasteiger partial charge in [-0.15, -0.1) is 24.0 Å². The van der Waals surface area contributed by atoms with Crippen LogP contribution in [0.4, 0.5) is 5.69 Å². The normalized spacial score (nSPS) is 17.4. The highest BCUT2D eigenvalue weighted by Crippen LogP contribution is 2.15. The van der Waals surface area contributed by atoms with Crippen molar-refractivity contribution in [3.63, 3.8) is 0 Å². The summed E-state index contributed by atoms with van der Waals surface area (Å²) in [7, 11) is 0. The van der Waals surface area contributed by atoms with E-state index in [2.05, 4.69) is 48.1 Å². The predicted octanol–water partition coefficient (Wildman–Crippen LogP) is 3.91. The zero-order valence-corrected chi connectivity index (χ0v) is 17.0. The number of guanidine groups is 1. The highest BCUT2D eigenvalue weighted by Gasteiger charge is 2.15. The van der Waals surface area contributed by atoms with Gasteiger partial charge in [0.2, 0.25) is 0 Å². The molecule has 0 amide bonds.